The largest absolute Gasteiger partial charge is 0.329 e. The van der Waals surface area contributed by atoms with Crippen LogP contribution >= 0.6 is 0 Å². The Labute approximate surface area is 87.8 Å². The molecule has 76 valence electrons. The first-order chi connectivity index (χ1) is 7.34. The van der Waals surface area contributed by atoms with E-state index in [1.807, 2.05) is 24.3 Å². The Morgan fingerprint density at radius 2 is 2.13 bits per heavy atom. The molecule has 2 aromatic rings. The maximum atomic E-state index is 11.0. The molecule has 0 aromatic carbocycles. The molecule has 0 amide bonds. The van der Waals surface area contributed by atoms with Crippen LogP contribution in [-0.4, -0.2) is 9.97 Å². The average Bonchev–Trinajstić information content (AvgIpc) is 2.28. The van der Waals surface area contributed by atoms with Crippen molar-refractivity contribution >= 4 is 0 Å². The summed E-state index contributed by atoms with van der Waals surface area (Å²) in [6.07, 6.45) is 5.18. The van der Waals surface area contributed by atoms with E-state index in [0.29, 0.717) is 0 Å². The van der Waals surface area contributed by atoms with Gasteiger partial charge < -0.3 is 4.98 Å². The van der Waals surface area contributed by atoms with Gasteiger partial charge in [0.25, 0.3) is 0 Å². The Balaban J connectivity index is 2.02. The number of hydrogen-bond donors (Lipinski definition) is 1. The second-order valence-electron chi connectivity index (χ2n) is 3.38. The van der Waals surface area contributed by atoms with Crippen LogP contribution in [0.15, 0.2) is 47.5 Å². The van der Waals surface area contributed by atoms with Crippen molar-refractivity contribution in [3.8, 4) is 0 Å². The summed E-state index contributed by atoms with van der Waals surface area (Å²) >= 11 is 0. The molecule has 0 aliphatic carbocycles. The van der Waals surface area contributed by atoms with Crippen LogP contribution in [0, 0.1) is 0 Å². The number of H-pyrrole nitrogens is 1. The van der Waals surface area contributed by atoms with Crippen LogP contribution in [0.3, 0.4) is 0 Å². The van der Waals surface area contributed by atoms with Crippen LogP contribution in [0.5, 0.6) is 0 Å². The lowest BCUT2D eigenvalue weighted by Gasteiger charge is -1.99. The van der Waals surface area contributed by atoms with E-state index in [-0.39, 0.29) is 5.56 Å². The van der Waals surface area contributed by atoms with Gasteiger partial charge in [0.1, 0.15) is 0 Å². The van der Waals surface area contributed by atoms with E-state index < -0.39 is 0 Å². The number of nitrogens with one attached hydrogen (secondary N) is 1. The number of aryl methyl sites for hydroxylation is 2. The molecule has 0 fully saturated rings. The summed E-state index contributed by atoms with van der Waals surface area (Å²) in [5, 5.41) is 0. The normalized spacial score (nSPS) is 10.1. The fourth-order valence-corrected chi connectivity index (χ4v) is 1.46. The van der Waals surface area contributed by atoms with Gasteiger partial charge in [0, 0.05) is 24.2 Å². The third kappa shape index (κ3) is 2.77. The van der Waals surface area contributed by atoms with E-state index in [2.05, 4.69) is 9.97 Å². The van der Waals surface area contributed by atoms with Crippen molar-refractivity contribution in [2.24, 2.45) is 0 Å². The predicted octanol–water partition coefficient (Wildman–Crippen LogP) is 1.56. The van der Waals surface area contributed by atoms with Gasteiger partial charge >= 0.3 is 0 Å². The van der Waals surface area contributed by atoms with Gasteiger partial charge in [0.05, 0.1) is 0 Å². The maximum absolute atomic E-state index is 11.0. The van der Waals surface area contributed by atoms with E-state index in [1.165, 1.54) is 0 Å². The monoisotopic (exact) mass is 200 g/mol. The van der Waals surface area contributed by atoms with Crippen molar-refractivity contribution in [3.05, 3.63) is 64.3 Å². The van der Waals surface area contributed by atoms with Gasteiger partial charge in [-0.05, 0) is 36.6 Å². The molecule has 15 heavy (non-hydrogen) atoms. The molecule has 0 unspecified atom stereocenters. The lowest BCUT2D eigenvalue weighted by atomic mass is 10.1. The van der Waals surface area contributed by atoms with E-state index in [9.17, 15) is 4.79 Å². The Kier molecular flexibility index (Phi) is 2.93. The van der Waals surface area contributed by atoms with Crippen LogP contribution < -0.4 is 5.56 Å². The highest BCUT2D eigenvalue weighted by atomic mass is 16.1. The number of hydrogen-bond acceptors (Lipinski definition) is 2. The van der Waals surface area contributed by atoms with Gasteiger partial charge in [-0.25, -0.2) is 0 Å². The van der Waals surface area contributed by atoms with E-state index in [1.54, 1.807) is 18.5 Å². The molecule has 2 heterocycles. The lowest BCUT2D eigenvalue weighted by Crippen LogP contribution is -2.05. The Hall–Kier alpha value is -1.90. The zero-order valence-electron chi connectivity index (χ0n) is 8.31. The maximum Gasteiger partial charge on any atom is 0.248 e. The average molecular weight is 200 g/mol. The zero-order chi connectivity index (χ0) is 10.5. The fourth-order valence-electron chi connectivity index (χ4n) is 1.46. The minimum atomic E-state index is -0.0477. The summed E-state index contributed by atoms with van der Waals surface area (Å²) in [6, 6.07) is 9.41. The highest BCUT2D eigenvalue weighted by Gasteiger charge is 1.96. The standard InChI is InChI=1S/C12H12N2O/c15-12-9-10(6-8-14-12)4-5-11-3-1-2-7-13-11/h1-3,6-9H,4-5H2,(H,14,15). The Morgan fingerprint density at radius 3 is 2.87 bits per heavy atom. The highest BCUT2D eigenvalue weighted by Crippen LogP contribution is 2.01. The molecule has 1 N–H and O–H groups in total. The number of pyridine rings is 2. The van der Waals surface area contributed by atoms with E-state index in [4.69, 9.17) is 0 Å². The van der Waals surface area contributed by atoms with E-state index in [0.717, 1.165) is 24.1 Å². The molecule has 0 aliphatic heterocycles. The van der Waals surface area contributed by atoms with Crippen LogP contribution in [0.4, 0.5) is 0 Å². The van der Waals surface area contributed by atoms with Crippen molar-refractivity contribution < 1.29 is 0 Å². The second kappa shape index (κ2) is 4.55. The van der Waals surface area contributed by atoms with Crippen LogP contribution in [-0.2, 0) is 12.8 Å². The molecule has 3 heteroatoms. The molecule has 0 spiro atoms. The van der Waals surface area contributed by atoms with Crippen LogP contribution in [0.25, 0.3) is 0 Å². The molecule has 0 radical (unpaired) electrons. The Bertz CT molecular complexity index is 476. The number of nitrogens with zero attached hydrogens (tertiary/aromatic N) is 1. The predicted molar refractivity (Wildman–Crippen MR) is 58.7 cm³/mol. The van der Waals surface area contributed by atoms with Crippen molar-refractivity contribution in [1.29, 1.82) is 0 Å². The molecule has 0 atom stereocenters. The molecule has 0 bridgehead atoms. The molecule has 0 saturated carbocycles. The summed E-state index contributed by atoms with van der Waals surface area (Å²) < 4.78 is 0. The third-order valence-corrected chi connectivity index (χ3v) is 2.24. The molecular formula is C12H12N2O. The zero-order valence-corrected chi connectivity index (χ0v) is 8.31. The number of rotatable bonds is 3. The summed E-state index contributed by atoms with van der Waals surface area (Å²) in [5.74, 6) is 0. The summed E-state index contributed by atoms with van der Waals surface area (Å²) in [4.78, 5) is 17.9. The number of aromatic amines is 1. The lowest BCUT2D eigenvalue weighted by molar-refractivity contribution is 0.908. The quantitative estimate of drug-likeness (QED) is 0.817. The smallest absolute Gasteiger partial charge is 0.248 e. The molecular weight excluding hydrogens is 188 g/mol. The first kappa shape index (κ1) is 9.65. The van der Waals surface area contributed by atoms with E-state index >= 15 is 0 Å². The topological polar surface area (TPSA) is 45.8 Å². The Morgan fingerprint density at radius 1 is 1.20 bits per heavy atom. The van der Waals surface area contributed by atoms with Gasteiger partial charge in [-0.15, -0.1) is 0 Å². The highest BCUT2D eigenvalue weighted by molar-refractivity contribution is 5.13. The first-order valence-corrected chi connectivity index (χ1v) is 4.92. The first-order valence-electron chi connectivity index (χ1n) is 4.92. The second-order valence-corrected chi connectivity index (χ2v) is 3.38. The SMILES string of the molecule is O=c1cc(CCc2ccccn2)cc[nH]1. The molecule has 0 aliphatic rings. The molecule has 3 nitrogen and oxygen atoms in total. The minimum absolute atomic E-state index is 0.0477. The van der Waals surface area contributed by atoms with Crippen molar-refractivity contribution in [2.45, 2.75) is 12.8 Å². The fraction of sp³-hybridized carbons (Fsp3) is 0.167. The molecule has 0 saturated heterocycles. The van der Waals surface area contributed by atoms with Gasteiger partial charge in [-0.1, -0.05) is 6.07 Å². The van der Waals surface area contributed by atoms with Crippen molar-refractivity contribution in [1.82, 2.24) is 9.97 Å². The third-order valence-electron chi connectivity index (χ3n) is 2.24. The summed E-state index contributed by atoms with van der Waals surface area (Å²) in [5.41, 5.74) is 2.05. The van der Waals surface area contributed by atoms with Gasteiger partial charge in [-0.3, -0.25) is 9.78 Å². The molecule has 2 aromatic heterocycles. The van der Waals surface area contributed by atoms with Crippen LogP contribution in [0.1, 0.15) is 11.3 Å². The molecule has 2 rings (SSSR count). The number of aromatic nitrogens is 2. The van der Waals surface area contributed by atoms with Crippen molar-refractivity contribution in [3.63, 3.8) is 0 Å². The minimum Gasteiger partial charge on any atom is -0.329 e. The van der Waals surface area contributed by atoms with Gasteiger partial charge in [0.15, 0.2) is 0 Å². The van der Waals surface area contributed by atoms with Gasteiger partial charge in [-0.2, -0.15) is 0 Å². The van der Waals surface area contributed by atoms with Crippen LogP contribution in [0.2, 0.25) is 0 Å². The van der Waals surface area contributed by atoms with Crippen molar-refractivity contribution in [2.75, 3.05) is 0 Å². The summed E-state index contributed by atoms with van der Waals surface area (Å²) in [7, 11) is 0. The summed E-state index contributed by atoms with van der Waals surface area (Å²) in [6.45, 7) is 0. The van der Waals surface area contributed by atoms with Gasteiger partial charge in [0.2, 0.25) is 5.56 Å².